The zero-order valence-corrected chi connectivity index (χ0v) is 19.0. The van der Waals surface area contributed by atoms with E-state index in [0.29, 0.717) is 12.3 Å². The minimum atomic E-state index is -0.224. The first kappa shape index (κ1) is 21.3. The van der Waals surface area contributed by atoms with Crippen LogP contribution < -0.4 is 4.74 Å². The van der Waals surface area contributed by atoms with Crippen LogP contribution in [0.1, 0.15) is 19.4 Å². The molecule has 28 heavy (non-hydrogen) atoms. The number of carbonyl (C=O) groups is 1. The standard InChI is InChI=1S/C21H23Br2FN2O2/c1-14-11-26(21(27)13-28-20-8-5-17(22)9-19(20)23)15(2)10-25(14)12-16-3-6-18(24)7-4-16/h3-9,14-15H,10-13H2,1-2H3/t14-,15+/m0/s1. The third-order valence-corrected chi connectivity index (χ3v) is 6.09. The number of rotatable bonds is 5. The van der Waals surface area contributed by atoms with Crippen molar-refractivity contribution in [2.75, 3.05) is 19.7 Å². The van der Waals surface area contributed by atoms with Gasteiger partial charge in [-0.15, -0.1) is 0 Å². The van der Waals surface area contributed by atoms with Gasteiger partial charge in [0, 0.05) is 36.2 Å². The Bertz CT molecular complexity index is 832. The summed E-state index contributed by atoms with van der Waals surface area (Å²) in [5.74, 6) is 0.404. The maximum Gasteiger partial charge on any atom is 0.260 e. The molecule has 2 atom stereocenters. The number of amides is 1. The molecule has 0 bridgehead atoms. The molecule has 1 heterocycles. The van der Waals surface area contributed by atoms with Gasteiger partial charge in [-0.2, -0.15) is 0 Å². The van der Waals surface area contributed by atoms with Gasteiger partial charge in [-0.1, -0.05) is 28.1 Å². The summed E-state index contributed by atoms with van der Waals surface area (Å²) < 4.78 is 20.6. The van der Waals surface area contributed by atoms with Gasteiger partial charge in [0.15, 0.2) is 6.61 Å². The molecule has 1 aliphatic rings. The van der Waals surface area contributed by atoms with Crippen LogP contribution in [0.25, 0.3) is 0 Å². The number of nitrogens with zero attached hydrogens (tertiary/aromatic N) is 2. The van der Waals surface area contributed by atoms with Crippen LogP contribution in [0.4, 0.5) is 4.39 Å². The minimum Gasteiger partial charge on any atom is -0.483 e. The number of carbonyl (C=O) groups excluding carboxylic acids is 1. The molecule has 2 aromatic rings. The highest BCUT2D eigenvalue weighted by Gasteiger charge is 2.32. The van der Waals surface area contributed by atoms with E-state index in [4.69, 9.17) is 4.74 Å². The highest BCUT2D eigenvalue weighted by Crippen LogP contribution is 2.28. The number of benzene rings is 2. The lowest BCUT2D eigenvalue weighted by Gasteiger charge is -2.44. The Hall–Kier alpha value is -1.44. The van der Waals surface area contributed by atoms with E-state index < -0.39 is 0 Å². The summed E-state index contributed by atoms with van der Waals surface area (Å²) in [6.45, 7) is 6.34. The Morgan fingerprint density at radius 3 is 2.50 bits per heavy atom. The average Bonchev–Trinajstić information content (AvgIpc) is 2.65. The van der Waals surface area contributed by atoms with Crippen molar-refractivity contribution < 1.29 is 13.9 Å². The van der Waals surface area contributed by atoms with Crippen LogP contribution in [0.15, 0.2) is 51.4 Å². The molecule has 2 aromatic carbocycles. The van der Waals surface area contributed by atoms with Crippen molar-refractivity contribution in [1.82, 2.24) is 9.80 Å². The predicted molar refractivity (Wildman–Crippen MR) is 115 cm³/mol. The molecule has 3 rings (SSSR count). The zero-order chi connectivity index (χ0) is 20.3. The maximum atomic E-state index is 13.1. The van der Waals surface area contributed by atoms with E-state index in [0.717, 1.165) is 27.6 Å². The van der Waals surface area contributed by atoms with Gasteiger partial charge < -0.3 is 9.64 Å². The first-order valence-corrected chi connectivity index (χ1v) is 10.8. The van der Waals surface area contributed by atoms with Gasteiger partial charge in [0.25, 0.3) is 5.91 Å². The van der Waals surface area contributed by atoms with Crippen LogP contribution in [-0.2, 0) is 11.3 Å². The SMILES string of the molecule is C[C@@H]1CN(Cc2ccc(F)cc2)[C@@H](C)CN1C(=O)COc1ccc(Br)cc1Br. The number of hydrogen-bond acceptors (Lipinski definition) is 3. The second-order valence-electron chi connectivity index (χ2n) is 7.16. The Morgan fingerprint density at radius 1 is 1.11 bits per heavy atom. The Morgan fingerprint density at radius 2 is 1.82 bits per heavy atom. The molecule has 0 saturated carbocycles. The van der Waals surface area contributed by atoms with E-state index in [9.17, 15) is 9.18 Å². The molecule has 0 N–H and O–H groups in total. The van der Waals surface area contributed by atoms with Gasteiger partial charge in [0.1, 0.15) is 11.6 Å². The first-order chi connectivity index (χ1) is 13.3. The quantitative estimate of drug-likeness (QED) is 0.573. The Balaban J connectivity index is 1.57. The van der Waals surface area contributed by atoms with E-state index >= 15 is 0 Å². The fraction of sp³-hybridized carbons (Fsp3) is 0.381. The highest BCUT2D eigenvalue weighted by atomic mass is 79.9. The van der Waals surface area contributed by atoms with Gasteiger partial charge in [-0.3, -0.25) is 9.69 Å². The van der Waals surface area contributed by atoms with E-state index in [1.54, 1.807) is 0 Å². The summed E-state index contributed by atoms with van der Waals surface area (Å²) in [6, 6.07) is 12.5. The summed E-state index contributed by atoms with van der Waals surface area (Å²) in [5.41, 5.74) is 1.07. The van der Waals surface area contributed by atoms with Crippen molar-refractivity contribution in [1.29, 1.82) is 0 Å². The van der Waals surface area contributed by atoms with Gasteiger partial charge in [-0.05, 0) is 65.7 Å². The second-order valence-corrected chi connectivity index (χ2v) is 8.93. The Labute approximate surface area is 181 Å². The topological polar surface area (TPSA) is 32.8 Å². The van der Waals surface area contributed by atoms with Crippen LogP contribution in [0.3, 0.4) is 0 Å². The van der Waals surface area contributed by atoms with Crippen LogP contribution in [0.5, 0.6) is 5.75 Å². The molecule has 1 fully saturated rings. The molecule has 150 valence electrons. The van der Waals surface area contributed by atoms with E-state index in [-0.39, 0.29) is 30.4 Å². The van der Waals surface area contributed by atoms with Crippen LogP contribution >= 0.6 is 31.9 Å². The molecule has 0 aliphatic carbocycles. The van der Waals surface area contributed by atoms with Crippen molar-refractivity contribution in [2.24, 2.45) is 0 Å². The predicted octanol–water partition coefficient (Wildman–Crippen LogP) is 4.85. The lowest BCUT2D eigenvalue weighted by molar-refractivity contribution is -0.139. The molecule has 0 radical (unpaired) electrons. The third kappa shape index (κ3) is 5.33. The van der Waals surface area contributed by atoms with Gasteiger partial charge >= 0.3 is 0 Å². The van der Waals surface area contributed by atoms with Crippen molar-refractivity contribution in [2.45, 2.75) is 32.5 Å². The average molecular weight is 514 g/mol. The summed E-state index contributed by atoms with van der Waals surface area (Å²) >= 11 is 6.85. The molecule has 7 heteroatoms. The normalized spacial score (nSPS) is 20.2. The van der Waals surface area contributed by atoms with Crippen LogP contribution in [-0.4, -0.2) is 47.5 Å². The van der Waals surface area contributed by atoms with Gasteiger partial charge in [-0.25, -0.2) is 4.39 Å². The van der Waals surface area contributed by atoms with E-state index in [1.165, 1.54) is 12.1 Å². The molecule has 1 saturated heterocycles. The summed E-state index contributed by atoms with van der Waals surface area (Å²) in [4.78, 5) is 16.9. The molecular weight excluding hydrogens is 491 g/mol. The maximum absolute atomic E-state index is 13.1. The smallest absolute Gasteiger partial charge is 0.260 e. The zero-order valence-electron chi connectivity index (χ0n) is 15.9. The minimum absolute atomic E-state index is 0.00918. The number of piperazine rings is 1. The molecule has 0 unspecified atom stereocenters. The van der Waals surface area contributed by atoms with E-state index in [2.05, 4.69) is 50.6 Å². The summed E-state index contributed by atoms with van der Waals surface area (Å²) in [5, 5.41) is 0. The van der Waals surface area contributed by atoms with Crippen molar-refractivity contribution in [3.63, 3.8) is 0 Å². The largest absolute Gasteiger partial charge is 0.483 e. The molecule has 0 aromatic heterocycles. The Kier molecular flexibility index (Phi) is 7.12. The third-order valence-electron chi connectivity index (χ3n) is 4.98. The molecule has 0 spiro atoms. The molecule has 1 amide bonds. The van der Waals surface area contributed by atoms with Gasteiger partial charge in [0.2, 0.25) is 0 Å². The fourth-order valence-electron chi connectivity index (χ4n) is 3.40. The molecule has 1 aliphatic heterocycles. The van der Waals surface area contributed by atoms with Crippen molar-refractivity contribution in [3.05, 3.63) is 62.8 Å². The lowest BCUT2D eigenvalue weighted by Crippen LogP contribution is -2.58. The van der Waals surface area contributed by atoms with Gasteiger partial charge in [0.05, 0.1) is 4.47 Å². The number of hydrogen-bond donors (Lipinski definition) is 0. The van der Waals surface area contributed by atoms with E-state index in [1.807, 2.05) is 35.2 Å². The van der Waals surface area contributed by atoms with Crippen molar-refractivity contribution >= 4 is 37.8 Å². The molecular formula is C21H23Br2FN2O2. The molecule has 4 nitrogen and oxygen atoms in total. The fourth-order valence-corrected chi connectivity index (χ4v) is 4.57. The first-order valence-electron chi connectivity index (χ1n) is 9.19. The van der Waals surface area contributed by atoms with Crippen LogP contribution in [0, 0.1) is 5.82 Å². The second kappa shape index (κ2) is 9.37. The number of ether oxygens (including phenoxy) is 1. The summed E-state index contributed by atoms with van der Waals surface area (Å²) in [7, 11) is 0. The van der Waals surface area contributed by atoms with Crippen molar-refractivity contribution in [3.8, 4) is 5.75 Å². The van der Waals surface area contributed by atoms with Crippen LogP contribution in [0.2, 0.25) is 0 Å². The highest BCUT2D eigenvalue weighted by molar-refractivity contribution is 9.11. The lowest BCUT2D eigenvalue weighted by atomic mass is 10.1. The summed E-state index contributed by atoms with van der Waals surface area (Å²) in [6.07, 6.45) is 0. The monoisotopic (exact) mass is 512 g/mol. The number of halogens is 3.